The van der Waals surface area contributed by atoms with Crippen LogP contribution < -0.4 is 0 Å². The summed E-state index contributed by atoms with van der Waals surface area (Å²) in [5.74, 6) is 0.344. The van der Waals surface area contributed by atoms with Gasteiger partial charge in [-0.2, -0.15) is 0 Å². The van der Waals surface area contributed by atoms with Gasteiger partial charge in [0.1, 0.15) is 0 Å². The second kappa shape index (κ2) is 4.20. The molecule has 0 saturated carbocycles. The topological polar surface area (TPSA) is 36.0 Å². The number of aromatic nitrogens is 1. The molecule has 0 aliphatic heterocycles. The Labute approximate surface area is 110 Å². The lowest BCUT2D eigenvalue weighted by Gasteiger charge is -2.20. The molecule has 1 aromatic carbocycles. The Morgan fingerprint density at radius 1 is 1.35 bits per heavy atom. The Morgan fingerprint density at radius 3 is 2.94 bits per heavy atom. The molecule has 0 radical (unpaired) electrons. The fourth-order valence-electron chi connectivity index (χ4n) is 2.67. The lowest BCUT2D eigenvalue weighted by Crippen LogP contribution is -2.16. The van der Waals surface area contributed by atoms with Crippen molar-refractivity contribution in [2.24, 2.45) is 5.92 Å². The zero-order chi connectivity index (χ0) is 12.0. The van der Waals surface area contributed by atoms with E-state index in [4.69, 9.17) is 23.2 Å². The standard InChI is InChI=1S/C13H13Cl2NO/c14-9-2-4-11-12(13(9)15)8-5-7(6-17)1-3-10(8)16-11/h2,4,7,16-17H,1,3,5-6H2. The van der Waals surface area contributed by atoms with E-state index in [1.54, 1.807) is 0 Å². The first kappa shape index (κ1) is 11.4. The van der Waals surface area contributed by atoms with Gasteiger partial charge in [-0.1, -0.05) is 23.2 Å². The molecule has 2 aromatic rings. The number of halogens is 2. The number of fused-ring (bicyclic) bond motifs is 3. The Bertz CT molecular complexity index is 576. The van der Waals surface area contributed by atoms with Crippen molar-refractivity contribution in [2.45, 2.75) is 19.3 Å². The number of aliphatic hydroxyl groups excluding tert-OH is 1. The summed E-state index contributed by atoms with van der Waals surface area (Å²) >= 11 is 12.3. The maximum absolute atomic E-state index is 9.28. The van der Waals surface area contributed by atoms with Crippen molar-refractivity contribution in [3.05, 3.63) is 33.4 Å². The van der Waals surface area contributed by atoms with Gasteiger partial charge in [-0.3, -0.25) is 0 Å². The highest BCUT2D eigenvalue weighted by molar-refractivity contribution is 6.45. The van der Waals surface area contributed by atoms with Crippen molar-refractivity contribution < 1.29 is 5.11 Å². The molecule has 4 heteroatoms. The molecule has 1 aromatic heterocycles. The number of aromatic amines is 1. The highest BCUT2D eigenvalue weighted by Gasteiger charge is 2.23. The van der Waals surface area contributed by atoms with Crippen molar-refractivity contribution >= 4 is 34.1 Å². The van der Waals surface area contributed by atoms with E-state index < -0.39 is 0 Å². The van der Waals surface area contributed by atoms with Crippen LogP contribution in [0.25, 0.3) is 10.9 Å². The van der Waals surface area contributed by atoms with Gasteiger partial charge in [-0.15, -0.1) is 0 Å². The third-order valence-corrected chi connectivity index (χ3v) is 4.40. The third-order valence-electron chi connectivity index (χ3n) is 3.60. The average molecular weight is 270 g/mol. The van der Waals surface area contributed by atoms with Gasteiger partial charge >= 0.3 is 0 Å². The molecule has 0 fully saturated rings. The van der Waals surface area contributed by atoms with E-state index in [9.17, 15) is 5.11 Å². The number of aryl methyl sites for hydroxylation is 1. The Hall–Kier alpha value is -0.700. The number of aliphatic hydroxyl groups is 1. The lowest BCUT2D eigenvalue weighted by molar-refractivity contribution is 0.213. The van der Waals surface area contributed by atoms with Crippen LogP contribution >= 0.6 is 23.2 Å². The van der Waals surface area contributed by atoms with Crippen LogP contribution in [0.2, 0.25) is 10.0 Å². The van der Waals surface area contributed by atoms with E-state index in [1.165, 1.54) is 11.3 Å². The van der Waals surface area contributed by atoms with E-state index in [0.29, 0.717) is 16.0 Å². The number of benzene rings is 1. The summed E-state index contributed by atoms with van der Waals surface area (Å²) in [6, 6.07) is 3.79. The van der Waals surface area contributed by atoms with Gasteiger partial charge < -0.3 is 10.1 Å². The summed E-state index contributed by atoms with van der Waals surface area (Å²) in [6.45, 7) is 0.240. The van der Waals surface area contributed by atoms with Gasteiger partial charge in [0.25, 0.3) is 0 Å². The SMILES string of the molecule is OCC1CCc2[nH]c3ccc(Cl)c(Cl)c3c2C1. The van der Waals surface area contributed by atoms with Crippen molar-refractivity contribution in [2.75, 3.05) is 6.61 Å². The highest BCUT2D eigenvalue weighted by atomic mass is 35.5. The summed E-state index contributed by atoms with van der Waals surface area (Å²) in [5, 5.41) is 11.5. The summed E-state index contributed by atoms with van der Waals surface area (Å²) < 4.78 is 0. The minimum atomic E-state index is 0.240. The molecule has 17 heavy (non-hydrogen) atoms. The minimum Gasteiger partial charge on any atom is -0.396 e. The summed E-state index contributed by atoms with van der Waals surface area (Å²) in [4.78, 5) is 3.40. The van der Waals surface area contributed by atoms with E-state index in [0.717, 1.165) is 30.2 Å². The predicted octanol–water partition coefficient (Wildman–Crippen LogP) is 3.57. The van der Waals surface area contributed by atoms with Crippen molar-refractivity contribution in [1.82, 2.24) is 4.98 Å². The molecule has 1 aliphatic carbocycles. The third kappa shape index (κ3) is 1.75. The molecule has 0 spiro atoms. The van der Waals surface area contributed by atoms with E-state index in [1.807, 2.05) is 12.1 Å². The van der Waals surface area contributed by atoms with Crippen LogP contribution in [0.15, 0.2) is 12.1 Å². The van der Waals surface area contributed by atoms with Gasteiger partial charge in [0.05, 0.1) is 10.0 Å². The predicted molar refractivity (Wildman–Crippen MR) is 70.9 cm³/mol. The molecular formula is C13H13Cl2NO. The maximum atomic E-state index is 9.28. The smallest absolute Gasteiger partial charge is 0.0688 e. The van der Waals surface area contributed by atoms with Crippen LogP contribution in [-0.4, -0.2) is 16.7 Å². The van der Waals surface area contributed by atoms with Crippen LogP contribution in [0.5, 0.6) is 0 Å². The van der Waals surface area contributed by atoms with E-state index >= 15 is 0 Å². The molecule has 1 heterocycles. The minimum absolute atomic E-state index is 0.240. The van der Waals surface area contributed by atoms with Crippen molar-refractivity contribution in [3.8, 4) is 0 Å². The normalized spacial score (nSPS) is 19.6. The number of rotatable bonds is 1. The first-order chi connectivity index (χ1) is 8.20. The zero-order valence-corrected chi connectivity index (χ0v) is 10.8. The lowest BCUT2D eigenvalue weighted by atomic mass is 9.87. The molecule has 0 saturated heterocycles. The van der Waals surface area contributed by atoms with Crippen molar-refractivity contribution in [3.63, 3.8) is 0 Å². The molecular weight excluding hydrogens is 257 g/mol. The van der Waals surface area contributed by atoms with Crippen LogP contribution in [0, 0.1) is 5.92 Å². The molecule has 1 aliphatic rings. The van der Waals surface area contributed by atoms with E-state index in [-0.39, 0.29) is 6.61 Å². The molecule has 1 atom stereocenters. The fraction of sp³-hybridized carbons (Fsp3) is 0.385. The highest BCUT2D eigenvalue weighted by Crippen LogP contribution is 2.38. The van der Waals surface area contributed by atoms with Crippen LogP contribution in [0.1, 0.15) is 17.7 Å². The Kier molecular flexibility index (Phi) is 2.81. The number of H-pyrrole nitrogens is 1. The number of nitrogens with one attached hydrogen (secondary N) is 1. The molecule has 90 valence electrons. The molecule has 0 amide bonds. The molecule has 2 N–H and O–H groups in total. The van der Waals surface area contributed by atoms with Crippen LogP contribution in [0.3, 0.4) is 0 Å². The largest absolute Gasteiger partial charge is 0.396 e. The molecule has 0 bridgehead atoms. The first-order valence-electron chi connectivity index (χ1n) is 5.79. The van der Waals surface area contributed by atoms with Gasteiger partial charge in [0.15, 0.2) is 0 Å². The van der Waals surface area contributed by atoms with Gasteiger partial charge in [-0.05, 0) is 42.9 Å². The second-order valence-electron chi connectivity index (χ2n) is 4.66. The fourth-order valence-corrected chi connectivity index (χ4v) is 3.11. The van der Waals surface area contributed by atoms with Gasteiger partial charge in [0.2, 0.25) is 0 Å². The summed E-state index contributed by atoms with van der Waals surface area (Å²) in [6.07, 6.45) is 2.89. The van der Waals surface area contributed by atoms with E-state index in [2.05, 4.69) is 4.98 Å². The molecule has 3 rings (SSSR count). The zero-order valence-electron chi connectivity index (χ0n) is 9.26. The number of hydrogen-bond acceptors (Lipinski definition) is 1. The van der Waals surface area contributed by atoms with Crippen molar-refractivity contribution in [1.29, 1.82) is 0 Å². The Morgan fingerprint density at radius 2 is 2.18 bits per heavy atom. The van der Waals surface area contributed by atoms with Crippen LogP contribution in [0.4, 0.5) is 0 Å². The first-order valence-corrected chi connectivity index (χ1v) is 6.54. The average Bonchev–Trinajstić information content (AvgIpc) is 2.71. The monoisotopic (exact) mass is 269 g/mol. The quantitative estimate of drug-likeness (QED) is 0.816. The van der Waals surface area contributed by atoms with Gasteiger partial charge in [0, 0.05) is 23.2 Å². The molecule has 1 unspecified atom stereocenters. The van der Waals surface area contributed by atoms with Crippen LogP contribution in [-0.2, 0) is 12.8 Å². The summed E-state index contributed by atoms with van der Waals surface area (Å²) in [5.41, 5.74) is 3.52. The molecule has 2 nitrogen and oxygen atoms in total. The second-order valence-corrected chi connectivity index (χ2v) is 5.44. The summed E-state index contributed by atoms with van der Waals surface area (Å²) in [7, 11) is 0. The number of hydrogen-bond donors (Lipinski definition) is 2. The maximum Gasteiger partial charge on any atom is 0.0688 e. The Balaban J connectivity index is 2.22. The van der Waals surface area contributed by atoms with Gasteiger partial charge in [-0.25, -0.2) is 0 Å².